The van der Waals surface area contributed by atoms with Gasteiger partial charge in [0.05, 0.1) is 0 Å². The SMILES string of the molecule is NC/C=C\CNC1CC(N)CCC1N. The van der Waals surface area contributed by atoms with Gasteiger partial charge in [0.25, 0.3) is 0 Å². The molecule has 0 radical (unpaired) electrons. The molecule has 4 nitrogen and oxygen atoms in total. The quantitative estimate of drug-likeness (QED) is 0.450. The van der Waals surface area contributed by atoms with E-state index in [1.54, 1.807) is 0 Å². The fourth-order valence-corrected chi connectivity index (χ4v) is 1.86. The first-order chi connectivity index (χ1) is 6.74. The van der Waals surface area contributed by atoms with E-state index in [9.17, 15) is 0 Å². The van der Waals surface area contributed by atoms with Crippen LogP contribution in [0.15, 0.2) is 12.2 Å². The van der Waals surface area contributed by atoms with E-state index in [2.05, 4.69) is 5.32 Å². The summed E-state index contributed by atoms with van der Waals surface area (Å²) in [5.74, 6) is 0. The van der Waals surface area contributed by atoms with E-state index in [1.807, 2.05) is 12.2 Å². The van der Waals surface area contributed by atoms with Crippen molar-refractivity contribution in [2.75, 3.05) is 13.1 Å². The highest BCUT2D eigenvalue weighted by Gasteiger charge is 2.25. The van der Waals surface area contributed by atoms with E-state index in [0.717, 1.165) is 25.8 Å². The number of hydrogen-bond donors (Lipinski definition) is 4. The summed E-state index contributed by atoms with van der Waals surface area (Å²) in [6, 6.07) is 0.924. The molecule has 7 N–H and O–H groups in total. The van der Waals surface area contributed by atoms with Crippen molar-refractivity contribution in [2.45, 2.75) is 37.4 Å². The van der Waals surface area contributed by atoms with E-state index >= 15 is 0 Å². The molecule has 0 spiro atoms. The Morgan fingerprint density at radius 3 is 2.71 bits per heavy atom. The summed E-state index contributed by atoms with van der Waals surface area (Å²) in [5, 5.41) is 3.39. The predicted octanol–water partition coefficient (Wildman–Crippen LogP) is -0.702. The van der Waals surface area contributed by atoms with Gasteiger partial charge in [0.15, 0.2) is 0 Å². The van der Waals surface area contributed by atoms with Gasteiger partial charge in [0.1, 0.15) is 0 Å². The highest BCUT2D eigenvalue weighted by Crippen LogP contribution is 2.15. The summed E-state index contributed by atoms with van der Waals surface area (Å²) in [5.41, 5.74) is 17.2. The predicted molar refractivity (Wildman–Crippen MR) is 59.8 cm³/mol. The molecule has 0 amide bonds. The molecule has 3 atom stereocenters. The zero-order valence-corrected chi connectivity index (χ0v) is 8.65. The second kappa shape index (κ2) is 6.14. The normalized spacial score (nSPS) is 33.8. The molecule has 1 rings (SSSR count). The van der Waals surface area contributed by atoms with Crippen molar-refractivity contribution in [3.8, 4) is 0 Å². The molecular weight excluding hydrogens is 176 g/mol. The van der Waals surface area contributed by atoms with E-state index in [-0.39, 0.29) is 6.04 Å². The number of nitrogens with one attached hydrogen (secondary N) is 1. The molecule has 0 saturated heterocycles. The van der Waals surface area contributed by atoms with E-state index in [1.165, 1.54) is 0 Å². The molecular formula is C10H22N4. The summed E-state index contributed by atoms with van der Waals surface area (Å²) < 4.78 is 0. The van der Waals surface area contributed by atoms with Gasteiger partial charge in [-0.2, -0.15) is 0 Å². The van der Waals surface area contributed by atoms with Crippen LogP contribution in [0, 0.1) is 0 Å². The fourth-order valence-electron chi connectivity index (χ4n) is 1.86. The van der Waals surface area contributed by atoms with Crippen molar-refractivity contribution in [2.24, 2.45) is 17.2 Å². The highest BCUT2D eigenvalue weighted by atomic mass is 15.0. The maximum atomic E-state index is 5.99. The molecule has 1 fully saturated rings. The summed E-state index contributed by atoms with van der Waals surface area (Å²) >= 11 is 0. The Morgan fingerprint density at radius 1 is 1.21 bits per heavy atom. The molecule has 0 heterocycles. The largest absolute Gasteiger partial charge is 0.328 e. The Balaban J connectivity index is 2.24. The van der Waals surface area contributed by atoms with Crippen molar-refractivity contribution in [1.82, 2.24) is 5.32 Å². The topological polar surface area (TPSA) is 90.1 Å². The zero-order chi connectivity index (χ0) is 10.4. The van der Waals surface area contributed by atoms with E-state index in [0.29, 0.717) is 18.6 Å². The van der Waals surface area contributed by atoms with Gasteiger partial charge >= 0.3 is 0 Å². The average molecular weight is 198 g/mol. The van der Waals surface area contributed by atoms with Crippen molar-refractivity contribution < 1.29 is 0 Å². The lowest BCUT2D eigenvalue weighted by Crippen LogP contribution is -2.52. The zero-order valence-electron chi connectivity index (χ0n) is 8.65. The molecule has 0 aromatic heterocycles. The second-order valence-corrected chi connectivity index (χ2v) is 3.96. The molecule has 4 heteroatoms. The lowest BCUT2D eigenvalue weighted by Gasteiger charge is -2.32. The Hall–Kier alpha value is -0.420. The van der Waals surface area contributed by atoms with Crippen molar-refractivity contribution in [3.05, 3.63) is 12.2 Å². The number of rotatable bonds is 4. The molecule has 14 heavy (non-hydrogen) atoms. The second-order valence-electron chi connectivity index (χ2n) is 3.96. The highest BCUT2D eigenvalue weighted by molar-refractivity contribution is 4.92. The smallest absolute Gasteiger partial charge is 0.0236 e. The van der Waals surface area contributed by atoms with Gasteiger partial charge in [-0.3, -0.25) is 0 Å². The maximum absolute atomic E-state index is 5.99. The first kappa shape index (κ1) is 11.7. The molecule has 1 aliphatic rings. The fraction of sp³-hybridized carbons (Fsp3) is 0.800. The van der Waals surface area contributed by atoms with Crippen LogP contribution < -0.4 is 22.5 Å². The Kier molecular flexibility index (Phi) is 5.11. The Bertz CT molecular complexity index is 181. The van der Waals surface area contributed by atoms with Gasteiger partial charge in [-0.1, -0.05) is 12.2 Å². The number of nitrogens with two attached hydrogens (primary N) is 3. The standard InChI is InChI=1S/C10H22N4/c11-5-1-2-6-14-10-7-8(12)3-4-9(10)13/h1-2,8-10,14H,3-7,11-13H2/b2-1-. The molecule has 1 saturated carbocycles. The summed E-state index contributed by atoms with van der Waals surface area (Å²) in [7, 11) is 0. The lowest BCUT2D eigenvalue weighted by molar-refractivity contribution is 0.307. The van der Waals surface area contributed by atoms with Crippen LogP contribution in [0.25, 0.3) is 0 Å². The average Bonchev–Trinajstić information content (AvgIpc) is 2.18. The molecule has 1 aliphatic carbocycles. The van der Waals surface area contributed by atoms with Crippen LogP contribution >= 0.6 is 0 Å². The van der Waals surface area contributed by atoms with Gasteiger partial charge in [-0.05, 0) is 19.3 Å². The van der Waals surface area contributed by atoms with Crippen LogP contribution in [0.1, 0.15) is 19.3 Å². The molecule has 0 aromatic rings. The molecule has 0 aliphatic heterocycles. The minimum absolute atomic E-state index is 0.251. The van der Waals surface area contributed by atoms with Crippen LogP contribution in [0.5, 0.6) is 0 Å². The first-order valence-corrected chi connectivity index (χ1v) is 5.33. The minimum Gasteiger partial charge on any atom is -0.328 e. The van der Waals surface area contributed by atoms with Gasteiger partial charge in [-0.15, -0.1) is 0 Å². The van der Waals surface area contributed by atoms with Crippen molar-refractivity contribution in [1.29, 1.82) is 0 Å². The van der Waals surface area contributed by atoms with Crippen LogP contribution in [-0.4, -0.2) is 31.2 Å². The monoisotopic (exact) mass is 198 g/mol. The Labute approximate surface area is 85.9 Å². The van der Waals surface area contributed by atoms with Gasteiger partial charge in [0, 0.05) is 31.2 Å². The summed E-state index contributed by atoms with van der Waals surface area (Å²) in [4.78, 5) is 0. The number of hydrogen-bond acceptors (Lipinski definition) is 4. The lowest BCUT2D eigenvalue weighted by atomic mass is 9.88. The maximum Gasteiger partial charge on any atom is 0.0236 e. The third-order valence-corrected chi connectivity index (χ3v) is 2.74. The molecule has 3 unspecified atom stereocenters. The first-order valence-electron chi connectivity index (χ1n) is 5.33. The van der Waals surface area contributed by atoms with Crippen LogP contribution in [-0.2, 0) is 0 Å². The van der Waals surface area contributed by atoms with Crippen molar-refractivity contribution >= 4 is 0 Å². The van der Waals surface area contributed by atoms with Crippen LogP contribution in [0.3, 0.4) is 0 Å². The van der Waals surface area contributed by atoms with Crippen molar-refractivity contribution in [3.63, 3.8) is 0 Å². The molecule has 0 bridgehead atoms. The van der Waals surface area contributed by atoms with E-state index < -0.39 is 0 Å². The van der Waals surface area contributed by atoms with Gasteiger partial charge in [-0.25, -0.2) is 0 Å². The Morgan fingerprint density at radius 2 is 2.00 bits per heavy atom. The van der Waals surface area contributed by atoms with Crippen LogP contribution in [0.4, 0.5) is 0 Å². The third kappa shape index (κ3) is 3.75. The molecule has 0 aromatic carbocycles. The summed E-state index contributed by atoms with van der Waals surface area (Å²) in [6.07, 6.45) is 7.04. The van der Waals surface area contributed by atoms with Crippen LogP contribution in [0.2, 0.25) is 0 Å². The van der Waals surface area contributed by atoms with Gasteiger partial charge in [0.2, 0.25) is 0 Å². The molecule has 82 valence electrons. The summed E-state index contributed by atoms with van der Waals surface area (Å²) in [6.45, 7) is 1.43. The third-order valence-electron chi connectivity index (χ3n) is 2.74. The minimum atomic E-state index is 0.251. The van der Waals surface area contributed by atoms with E-state index in [4.69, 9.17) is 17.2 Å². The van der Waals surface area contributed by atoms with Gasteiger partial charge < -0.3 is 22.5 Å².